The van der Waals surface area contributed by atoms with E-state index in [0.717, 1.165) is 5.56 Å². The topological polar surface area (TPSA) is 81.4 Å². The molecular weight excluding hydrogens is 288 g/mol. The molecular formula is C12H19ClN2O3S. The van der Waals surface area contributed by atoms with Gasteiger partial charge in [0.15, 0.2) is 0 Å². The highest BCUT2D eigenvalue weighted by Gasteiger charge is 2.21. The lowest BCUT2D eigenvalue weighted by Gasteiger charge is -2.15. The summed E-state index contributed by atoms with van der Waals surface area (Å²) in [6, 6.07) is 2.56. The Morgan fingerprint density at radius 2 is 2.11 bits per heavy atom. The van der Waals surface area contributed by atoms with Crippen LogP contribution in [0.5, 0.6) is 0 Å². The van der Waals surface area contributed by atoms with Crippen LogP contribution in [0.3, 0.4) is 0 Å². The van der Waals surface area contributed by atoms with Crippen molar-refractivity contribution in [1.82, 2.24) is 4.72 Å². The third kappa shape index (κ3) is 4.35. The van der Waals surface area contributed by atoms with Gasteiger partial charge in [0.05, 0.1) is 11.6 Å². The third-order valence-electron chi connectivity index (χ3n) is 2.54. The molecule has 0 spiro atoms. The first-order valence-electron chi connectivity index (χ1n) is 5.93. The molecule has 1 aromatic carbocycles. The molecule has 1 atom stereocenters. The maximum Gasteiger partial charge on any atom is 0.242 e. The SMILES string of the molecule is CCOCC(C)NS(=O)(=O)c1cc(N)c(C)cc1Cl. The summed E-state index contributed by atoms with van der Waals surface area (Å²) in [6.07, 6.45) is 0. The van der Waals surface area contributed by atoms with E-state index in [2.05, 4.69) is 4.72 Å². The van der Waals surface area contributed by atoms with E-state index >= 15 is 0 Å². The lowest BCUT2D eigenvalue weighted by atomic mass is 10.2. The Balaban J connectivity index is 2.98. The van der Waals surface area contributed by atoms with Gasteiger partial charge >= 0.3 is 0 Å². The van der Waals surface area contributed by atoms with Crippen LogP contribution in [0.25, 0.3) is 0 Å². The van der Waals surface area contributed by atoms with Gasteiger partial charge in [-0.2, -0.15) is 0 Å². The number of rotatable bonds is 6. The van der Waals surface area contributed by atoms with Gasteiger partial charge in [0.25, 0.3) is 0 Å². The van der Waals surface area contributed by atoms with Crippen molar-refractivity contribution in [2.75, 3.05) is 18.9 Å². The highest BCUT2D eigenvalue weighted by Crippen LogP contribution is 2.26. The van der Waals surface area contributed by atoms with Crippen LogP contribution in [0.1, 0.15) is 19.4 Å². The summed E-state index contributed by atoms with van der Waals surface area (Å²) >= 11 is 5.97. The van der Waals surface area contributed by atoms with E-state index in [0.29, 0.717) is 18.9 Å². The van der Waals surface area contributed by atoms with Crippen LogP contribution < -0.4 is 10.5 Å². The van der Waals surface area contributed by atoms with Crippen molar-refractivity contribution in [1.29, 1.82) is 0 Å². The molecule has 0 aromatic heterocycles. The Hall–Kier alpha value is -0.820. The zero-order valence-corrected chi connectivity index (χ0v) is 12.8. The highest BCUT2D eigenvalue weighted by molar-refractivity contribution is 7.89. The van der Waals surface area contributed by atoms with Crippen molar-refractivity contribution in [3.8, 4) is 0 Å². The van der Waals surface area contributed by atoms with E-state index in [1.807, 2.05) is 6.92 Å². The van der Waals surface area contributed by atoms with Gasteiger partial charge in [0.2, 0.25) is 10.0 Å². The number of sulfonamides is 1. The molecule has 0 fully saturated rings. The first kappa shape index (κ1) is 16.2. The Morgan fingerprint density at radius 3 is 2.68 bits per heavy atom. The van der Waals surface area contributed by atoms with Crippen molar-refractivity contribution < 1.29 is 13.2 Å². The fourth-order valence-corrected chi connectivity index (χ4v) is 3.38. The predicted molar refractivity (Wildman–Crippen MR) is 76.9 cm³/mol. The van der Waals surface area contributed by atoms with Crippen molar-refractivity contribution in [3.05, 3.63) is 22.7 Å². The Kier molecular flexibility index (Phi) is 5.61. The molecule has 0 aliphatic rings. The number of halogens is 1. The minimum absolute atomic E-state index is 0.0133. The van der Waals surface area contributed by atoms with Crippen LogP contribution in [-0.4, -0.2) is 27.7 Å². The predicted octanol–water partition coefficient (Wildman–Crippen LogP) is 1.93. The zero-order chi connectivity index (χ0) is 14.6. The molecule has 1 unspecified atom stereocenters. The van der Waals surface area contributed by atoms with E-state index in [4.69, 9.17) is 22.1 Å². The number of hydrogen-bond donors (Lipinski definition) is 2. The molecule has 1 aromatic rings. The standard InChI is InChI=1S/C12H19ClN2O3S/c1-4-18-7-9(3)15-19(16,17)12-6-11(14)8(2)5-10(12)13/h5-6,9,15H,4,7,14H2,1-3H3. The van der Waals surface area contributed by atoms with Gasteiger partial charge in [-0.3, -0.25) is 0 Å². The summed E-state index contributed by atoms with van der Waals surface area (Å²) in [5.74, 6) is 0. The van der Waals surface area contributed by atoms with Crippen molar-refractivity contribution in [2.24, 2.45) is 0 Å². The Bertz CT molecular complexity index is 546. The van der Waals surface area contributed by atoms with Gasteiger partial charge in [0.1, 0.15) is 4.90 Å². The zero-order valence-electron chi connectivity index (χ0n) is 11.2. The fraction of sp³-hybridized carbons (Fsp3) is 0.500. The molecule has 0 aliphatic heterocycles. The van der Waals surface area contributed by atoms with Gasteiger partial charge < -0.3 is 10.5 Å². The van der Waals surface area contributed by atoms with E-state index in [-0.39, 0.29) is 16.0 Å². The number of ether oxygens (including phenoxy) is 1. The van der Waals surface area contributed by atoms with E-state index in [9.17, 15) is 8.42 Å². The van der Waals surface area contributed by atoms with Gasteiger partial charge in [-0.15, -0.1) is 0 Å². The van der Waals surface area contributed by atoms with Crippen LogP contribution in [0.2, 0.25) is 5.02 Å². The van der Waals surface area contributed by atoms with Crippen LogP contribution in [0.4, 0.5) is 5.69 Å². The maximum absolute atomic E-state index is 12.2. The first-order valence-corrected chi connectivity index (χ1v) is 7.79. The van der Waals surface area contributed by atoms with Gasteiger partial charge in [-0.05, 0) is 38.5 Å². The van der Waals surface area contributed by atoms with Gasteiger partial charge in [0, 0.05) is 18.3 Å². The van der Waals surface area contributed by atoms with Crippen molar-refractivity contribution in [3.63, 3.8) is 0 Å². The maximum atomic E-state index is 12.2. The smallest absolute Gasteiger partial charge is 0.242 e. The number of aryl methyl sites for hydroxylation is 1. The Labute approximate surface area is 119 Å². The lowest BCUT2D eigenvalue weighted by molar-refractivity contribution is 0.133. The van der Waals surface area contributed by atoms with Crippen molar-refractivity contribution >= 4 is 27.3 Å². The second-order valence-corrected chi connectivity index (χ2v) is 6.41. The molecule has 0 amide bonds. The molecule has 19 heavy (non-hydrogen) atoms. The average Bonchev–Trinajstić information content (AvgIpc) is 2.30. The van der Waals surface area contributed by atoms with E-state index in [1.165, 1.54) is 6.07 Å². The van der Waals surface area contributed by atoms with E-state index in [1.54, 1.807) is 19.9 Å². The van der Waals surface area contributed by atoms with E-state index < -0.39 is 10.0 Å². The normalized spacial score (nSPS) is 13.5. The summed E-state index contributed by atoms with van der Waals surface area (Å²) in [7, 11) is -3.70. The summed E-state index contributed by atoms with van der Waals surface area (Å²) in [5.41, 5.74) is 6.85. The molecule has 0 heterocycles. The molecule has 1 rings (SSSR count). The molecule has 0 saturated carbocycles. The molecule has 5 nitrogen and oxygen atoms in total. The summed E-state index contributed by atoms with van der Waals surface area (Å²) in [6.45, 7) is 6.17. The number of nitrogens with one attached hydrogen (secondary N) is 1. The number of nitrogens with two attached hydrogens (primary N) is 1. The molecule has 0 saturated heterocycles. The largest absolute Gasteiger partial charge is 0.398 e. The Morgan fingerprint density at radius 1 is 1.47 bits per heavy atom. The average molecular weight is 307 g/mol. The molecule has 0 aliphatic carbocycles. The van der Waals surface area contributed by atoms with Gasteiger partial charge in [-0.25, -0.2) is 13.1 Å². The summed E-state index contributed by atoms with van der Waals surface area (Å²) < 4.78 is 32.0. The third-order valence-corrected chi connectivity index (χ3v) is 4.59. The summed E-state index contributed by atoms with van der Waals surface area (Å²) in [4.78, 5) is -0.0133. The number of nitrogen functional groups attached to an aromatic ring is 1. The molecule has 7 heteroatoms. The van der Waals surface area contributed by atoms with Crippen LogP contribution in [-0.2, 0) is 14.8 Å². The number of anilines is 1. The van der Waals surface area contributed by atoms with Crippen molar-refractivity contribution in [2.45, 2.75) is 31.7 Å². The lowest BCUT2D eigenvalue weighted by Crippen LogP contribution is -2.36. The molecule has 3 N–H and O–H groups in total. The molecule has 0 bridgehead atoms. The highest BCUT2D eigenvalue weighted by atomic mass is 35.5. The van der Waals surface area contributed by atoms with Gasteiger partial charge in [-0.1, -0.05) is 11.6 Å². The number of benzene rings is 1. The number of hydrogen-bond acceptors (Lipinski definition) is 4. The quantitative estimate of drug-likeness (QED) is 0.787. The van der Waals surface area contributed by atoms with Crippen LogP contribution >= 0.6 is 11.6 Å². The summed E-state index contributed by atoms with van der Waals surface area (Å²) in [5, 5.41) is 0.155. The second-order valence-electron chi connectivity index (χ2n) is 4.32. The monoisotopic (exact) mass is 306 g/mol. The van der Waals surface area contributed by atoms with Crippen LogP contribution in [0.15, 0.2) is 17.0 Å². The minimum Gasteiger partial charge on any atom is -0.398 e. The fourth-order valence-electron chi connectivity index (χ4n) is 1.53. The van der Waals surface area contributed by atoms with Crippen LogP contribution in [0, 0.1) is 6.92 Å². The molecule has 108 valence electrons. The molecule has 0 radical (unpaired) electrons. The second kappa shape index (κ2) is 6.56. The minimum atomic E-state index is -3.70. The first-order chi connectivity index (χ1) is 8.77.